The van der Waals surface area contributed by atoms with E-state index in [1.54, 1.807) is 0 Å². The maximum absolute atomic E-state index is 8.51. The fraction of sp³-hybridized carbons (Fsp3) is 1.00. The van der Waals surface area contributed by atoms with Gasteiger partial charge < -0.3 is 0 Å². The van der Waals surface area contributed by atoms with Crippen LogP contribution in [0.3, 0.4) is 0 Å². The van der Waals surface area contributed by atoms with Crippen molar-refractivity contribution in [3.63, 3.8) is 0 Å². The van der Waals surface area contributed by atoms with Crippen LogP contribution in [0.4, 0.5) is 0 Å². The highest BCUT2D eigenvalue weighted by atomic mass is 17.1. The van der Waals surface area contributed by atoms with Gasteiger partial charge in [0.25, 0.3) is 0 Å². The summed E-state index contributed by atoms with van der Waals surface area (Å²) < 4.78 is 0. The lowest BCUT2D eigenvalue weighted by atomic mass is 9.85. The second kappa shape index (κ2) is 5.61. The largest absolute Gasteiger partial charge is 0.252 e. The Balaban J connectivity index is 2.35. The first-order valence-corrected chi connectivity index (χ1v) is 5.50. The van der Waals surface area contributed by atoms with Gasteiger partial charge in [0.05, 0.1) is 6.61 Å². The lowest BCUT2D eigenvalue weighted by Gasteiger charge is -2.23. The molecule has 0 radical (unpaired) electrons. The molecule has 0 bridgehead atoms. The van der Waals surface area contributed by atoms with Gasteiger partial charge in [0.2, 0.25) is 0 Å². The summed E-state index contributed by atoms with van der Waals surface area (Å²) in [5.41, 5.74) is 0. The third kappa shape index (κ3) is 3.65. The van der Waals surface area contributed by atoms with Crippen molar-refractivity contribution in [1.29, 1.82) is 0 Å². The molecule has 78 valence electrons. The molecule has 1 unspecified atom stereocenters. The van der Waals surface area contributed by atoms with E-state index in [0.717, 1.165) is 5.92 Å². The van der Waals surface area contributed by atoms with Crippen molar-refractivity contribution in [1.82, 2.24) is 0 Å². The summed E-state index contributed by atoms with van der Waals surface area (Å²) >= 11 is 0. The van der Waals surface area contributed by atoms with E-state index in [2.05, 4.69) is 18.7 Å². The summed E-state index contributed by atoms with van der Waals surface area (Å²) in [6, 6.07) is 0. The minimum atomic E-state index is 0.531. The quantitative estimate of drug-likeness (QED) is 0.527. The highest BCUT2D eigenvalue weighted by molar-refractivity contribution is 4.75. The van der Waals surface area contributed by atoms with Crippen LogP contribution in [0.25, 0.3) is 0 Å². The van der Waals surface area contributed by atoms with Gasteiger partial charge in [0.15, 0.2) is 0 Å². The van der Waals surface area contributed by atoms with Crippen LogP contribution in [-0.4, -0.2) is 11.9 Å². The number of hydrogen-bond donors (Lipinski definition) is 1. The molecule has 0 aromatic heterocycles. The Morgan fingerprint density at radius 3 is 2.38 bits per heavy atom. The summed E-state index contributed by atoms with van der Waals surface area (Å²) in [5.74, 6) is 2.09. The average Bonchev–Trinajstić information content (AvgIpc) is 2.54. The lowest BCUT2D eigenvalue weighted by Crippen LogP contribution is -2.19. The fourth-order valence-corrected chi connectivity index (χ4v) is 2.53. The topological polar surface area (TPSA) is 29.5 Å². The van der Waals surface area contributed by atoms with Gasteiger partial charge in [0, 0.05) is 0 Å². The first kappa shape index (κ1) is 11.0. The molecule has 0 saturated heterocycles. The Labute approximate surface area is 81.2 Å². The van der Waals surface area contributed by atoms with Crippen LogP contribution < -0.4 is 0 Å². The van der Waals surface area contributed by atoms with Crippen LogP contribution in [0, 0.1) is 17.8 Å². The van der Waals surface area contributed by atoms with Gasteiger partial charge >= 0.3 is 0 Å². The Bertz CT molecular complexity index is 128. The molecule has 0 heterocycles. The SMILES string of the molecule is CC(C)CC(COO)C1CCCC1. The van der Waals surface area contributed by atoms with Crippen LogP contribution >= 0.6 is 0 Å². The maximum atomic E-state index is 8.51. The van der Waals surface area contributed by atoms with Crippen LogP contribution in [0.15, 0.2) is 0 Å². The Morgan fingerprint density at radius 2 is 1.92 bits per heavy atom. The van der Waals surface area contributed by atoms with Gasteiger partial charge in [-0.25, -0.2) is 4.89 Å². The normalized spacial score (nSPS) is 21.2. The zero-order chi connectivity index (χ0) is 9.68. The van der Waals surface area contributed by atoms with Crippen molar-refractivity contribution in [2.45, 2.75) is 46.0 Å². The molecule has 0 amide bonds. The minimum Gasteiger partial charge on any atom is -0.252 e. The molecular weight excluding hydrogens is 164 g/mol. The van der Waals surface area contributed by atoms with Crippen molar-refractivity contribution in [2.75, 3.05) is 6.61 Å². The highest BCUT2D eigenvalue weighted by Crippen LogP contribution is 2.34. The highest BCUT2D eigenvalue weighted by Gasteiger charge is 2.25. The zero-order valence-corrected chi connectivity index (χ0v) is 8.83. The Kier molecular flexibility index (Phi) is 4.74. The smallest absolute Gasteiger partial charge is 0.0850 e. The molecular formula is C11H22O2. The molecule has 1 aliphatic carbocycles. The number of rotatable bonds is 5. The van der Waals surface area contributed by atoms with Crippen molar-refractivity contribution in [3.8, 4) is 0 Å². The molecule has 0 spiro atoms. The van der Waals surface area contributed by atoms with Crippen molar-refractivity contribution in [3.05, 3.63) is 0 Å². The van der Waals surface area contributed by atoms with E-state index >= 15 is 0 Å². The maximum Gasteiger partial charge on any atom is 0.0850 e. The minimum absolute atomic E-state index is 0.531. The average molecular weight is 186 g/mol. The van der Waals surface area contributed by atoms with E-state index < -0.39 is 0 Å². The van der Waals surface area contributed by atoms with Crippen molar-refractivity contribution >= 4 is 0 Å². The Hall–Kier alpha value is -0.0800. The van der Waals surface area contributed by atoms with Crippen LogP contribution in [0.2, 0.25) is 0 Å². The second-order valence-corrected chi connectivity index (χ2v) is 4.73. The summed E-state index contributed by atoms with van der Waals surface area (Å²) in [5, 5.41) is 8.51. The summed E-state index contributed by atoms with van der Waals surface area (Å²) in [7, 11) is 0. The lowest BCUT2D eigenvalue weighted by molar-refractivity contribution is -0.254. The van der Waals surface area contributed by atoms with E-state index in [-0.39, 0.29) is 0 Å². The van der Waals surface area contributed by atoms with Crippen LogP contribution in [-0.2, 0) is 4.89 Å². The first-order valence-electron chi connectivity index (χ1n) is 5.50. The molecule has 1 rings (SSSR count). The van der Waals surface area contributed by atoms with E-state index in [4.69, 9.17) is 5.26 Å². The predicted molar refractivity (Wildman–Crippen MR) is 53.5 cm³/mol. The summed E-state index contributed by atoms with van der Waals surface area (Å²) in [6.07, 6.45) is 6.59. The second-order valence-electron chi connectivity index (χ2n) is 4.73. The molecule has 0 aromatic rings. The van der Waals surface area contributed by atoms with E-state index in [9.17, 15) is 0 Å². The van der Waals surface area contributed by atoms with E-state index in [0.29, 0.717) is 18.4 Å². The number of hydrogen-bond acceptors (Lipinski definition) is 2. The third-order valence-corrected chi connectivity index (χ3v) is 3.13. The third-order valence-electron chi connectivity index (χ3n) is 3.13. The molecule has 0 aliphatic heterocycles. The molecule has 0 aromatic carbocycles. The van der Waals surface area contributed by atoms with E-state index in [1.165, 1.54) is 32.1 Å². The molecule has 1 saturated carbocycles. The molecule has 1 atom stereocenters. The van der Waals surface area contributed by atoms with Crippen molar-refractivity contribution < 1.29 is 10.1 Å². The zero-order valence-electron chi connectivity index (χ0n) is 8.83. The standard InChI is InChI=1S/C11H22O2/c1-9(2)7-11(8-13-12)10-5-3-4-6-10/h9-12H,3-8H2,1-2H3. The molecule has 1 aliphatic rings. The molecule has 2 heteroatoms. The monoisotopic (exact) mass is 186 g/mol. The molecule has 1 fully saturated rings. The summed E-state index contributed by atoms with van der Waals surface area (Å²) in [4.78, 5) is 4.32. The summed E-state index contributed by atoms with van der Waals surface area (Å²) in [6.45, 7) is 5.00. The van der Waals surface area contributed by atoms with Gasteiger partial charge in [-0.1, -0.05) is 39.5 Å². The fourth-order valence-electron chi connectivity index (χ4n) is 2.53. The van der Waals surface area contributed by atoms with Gasteiger partial charge in [-0.2, -0.15) is 0 Å². The van der Waals surface area contributed by atoms with Crippen LogP contribution in [0.5, 0.6) is 0 Å². The van der Waals surface area contributed by atoms with Gasteiger partial charge in [-0.3, -0.25) is 5.26 Å². The van der Waals surface area contributed by atoms with Gasteiger partial charge in [-0.15, -0.1) is 0 Å². The van der Waals surface area contributed by atoms with Crippen molar-refractivity contribution in [2.24, 2.45) is 17.8 Å². The Morgan fingerprint density at radius 1 is 1.31 bits per heavy atom. The van der Waals surface area contributed by atoms with Crippen LogP contribution in [0.1, 0.15) is 46.0 Å². The first-order chi connectivity index (χ1) is 6.24. The molecule has 2 nitrogen and oxygen atoms in total. The predicted octanol–water partition coefficient (Wildman–Crippen LogP) is 3.33. The molecule has 1 N–H and O–H groups in total. The van der Waals surface area contributed by atoms with Gasteiger partial charge in [0.1, 0.15) is 0 Å². The van der Waals surface area contributed by atoms with E-state index in [1.807, 2.05) is 0 Å². The van der Waals surface area contributed by atoms with Gasteiger partial charge in [-0.05, 0) is 24.2 Å². The molecule has 13 heavy (non-hydrogen) atoms.